The molecule has 0 aliphatic carbocycles. The molecule has 0 amide bonds. The quantitative estimate of drug-likeness (QED) is 0.639. The van der Waals surface area contributed by atoms with Gasteiger partial charge in [0.15, 0.2) is 0 Å². The van der Waals surface area contributed by atoms with Crippen molar-refractivity contribution in [2.45, 2.75) is 19.1 Å². The molecule has 0 bridgehead atoms. The summed E-state index contributed by atoms with van der Waals surface area (Å²) in [5.41, 5.74) is 0. The van der Waals surface area contributed by atoms with E-state index in [1.165, 1.54) is 0 Å². The van der Waals surface area contributed by atoms with Crippen molar-refractivity contribution in [3.63, 3.8) is 0 Å². The number of hydrogen-bond acceptors (Lipinski definition) is 3. The Labute approximate surface area is 71.5 Å². The van der Waals surface area contributed by atoms with Crippen LogP contribution in [0.15, 0.2) is 0 Å². The first-order chi connectivity index (χ1) is 4.30. The van der Waals surface area contributed by atoms with Gasteiger partial charge in [-0.1, -0.05) is 0 Å². The summed E-state index contributed by atoms with van der Waals surface area (Å²) in [6.07, 6.45) is -0.350. The molecule has 1 heterocycles. The van der Waals surface area contributed by atoms with E-state index in [-0.39, 0.29) is 29.2 Å². The minimum absolute atomic E-state index is 0. The van der Waals surface area contributed by atoms with Crippen molar-refractivity contribution in [3.05, 3.63) is 0 Å². The smallest absolute Gasteiger partial charge is 0.0955 e. The number of aliphatic hydroxyl groups excluding tert-OH is 1. The maximum atomic E-state index is 9.01. The van der Waals surface area contributed by atoms with Gasteiger partial charge in [-0.15, -0.1) is 17.0 Å². The Morgan fingerprint density at radius 3 is 2.70 bits per heavy atom. The van der Waals surface area contributed by atoms with E-state index in [9.17, 15) is 0 Å². The zero-order valence-corrected chi connectivity index (χ0v) is 7.75. The van der Waals surface area contributed by atoms with Crippen LogP contribution in [0.1, 0.15) is 6.92 Å². The highest BCUT2D eigenvalue weighted by Gasteiger charge is 2.17. The Kier molecular flexibility index (Phi) is 5.25. The molecule has 1 aliphatic rings. The molecule has 0 spiro atoms. The van der Waals surface area contributed by atoms with Gasteiger partial charge in [0.2, 0.25) is 0 Å². The zero-order chi connectivity index (χ0) is 6.69. The van der Waals surface area contributed by atoms with Crippen LogP contribution in [0.4, 0.5) is 0 Å². The highest BCUT2D eigenvalue weighted by molar-refractivity contribution is 8.93. The SMILES string of the molecule is Br.CC(O)C1CNCCO1. The van der Waals surface area contributed by atoms with Gasteiger partial charge in [-0.05, 0) is 6.92 Å². The van der Waals surface area contributed by atoms with Crippen molar-refractivity contribution in [2.24, 2.45) is 0 Å². The molecule has 1 rings (SSSR count). The Balaban J connectivity index is 0.000000810. The maximum Gasteiger partial charge on any atom is 0.0955 e. The van der Waals surface area contributed by atoms with E-state index in [0.29, 0.717) is 0 Å². The number of ether oxygens (including phenoxy) is 1. The molecule has 2 unspecified atom stereocenters. The van der Waals surface area contributed by atoms with Crippen LogP contribution in [0.3, 0.4) is 0 Å². The van der Waals surface area contributed by atoms with Crippen LogP contribution in [-0.4, -0.2) is 37.0 Å². The third-order valence-corrected chi connectivity index (χ3v) is 1.49. The highest BCUT2D eigenvalue weighted by Crippen LogP contribution is 2.00. The van der Waals surface area contributed by atoms with Gasteiger partial charge >= 0.3 is 0 Å². The molecule has 3 nitrogen and oxygen atoms in total. The van der Waals surface area contributed by atoms with Gasteiger partial charge in [-0.3, -0.25) is 0 Å². The van der Waals surface area contributed by atoms with Crippen LogP contribution in [0, 0.1) is 0 Å². The number of nitrogens with one attached hydrogen (secondary N) is 1. The fourth-order valence-electron chi connectivity index (χ4n) is 0.896. The molecule has 10 heavy (non-hydrogen) atoms. The van der Waals surface area contributed by atoms with Crippen molar-refractivity contribution in [1.82, 2.24) is 5.32 Å². The summed E-state index contributed by atoms with van der Waals surface area (Å²) < 4.78 is 5.23. The number of hydrogen-bond donors (Lipinski definition) is 2. The summed E-state index contributed by atoms with van der Waals surface area (Å²) in [5.74, 6) is 0. The fraction of sp³-hybridized carbons (Fsp3) is 1.00. The van der Waals surface area contributed by atoms with Crippen LogP contribution in [-0.2, 0) is 4.74 Å². The van der Waals surface area contributed by atoms with E-state index < -0.39 is 0 Å². The second-order valence-electron chi connectivity index (χ2n) is 2.35. The lowest BCUT2D eigenvalue weighted by Gasteiger charge is -2.25. The first-order valence-electron chi connectivity index (χ1n) is 3.31. The largest absolute Gasteiger partial charge is 0.391 e. The second kappa shape index (κ2) is 5.07. The second-order valence-corrected chi connectivity index (χ2v) is 2.35. The fourth-order valence-corrected chi connectivity index (χ4v) is 0.896. The molecule has 0 saturated carbocycles. The van der Waals surface area contributed by atoms with Crippen LogP contribution in [0.2, 0.25) is 0 Å². The van der Waals surface area contributed by atoms with Crippen molar-refractivity contribution >= 4 is 17.0 Å². The van der Waals surface area contributed by atoms with Gasteiger partial charge in [0.05, 0.1) is 18.8 Å². The van der Waals surface area contributed by atoms with E-state index in [4.69, 9.17) is 9.84 Å². The lowest BCUT2D eigenvalue weighted by Crippen LogP contribution is -2.43. The molecule has 2 atom stereocenters. The van der Waals surface area contributed by atoms with Crippen molar-refractivity contribution in [2.75, 3.05) is 19.7 Å². The minimum Gasteiger partial charge on any atom is -0.391 e. The van der Waals surface area contributed by atoms with Crippen LogP contribution in [0.5, 0.6) is 0 Å². The molecule has 62 valence electrons. The molecule has 0 aromatic heterocycles. The summed E-state index contributed by atoms with van der Waals surface area (Å²) >= 11 is 0. The summed E-state index contributed by atoms with van der Waals surface area (Å²) in [4.78, 5) is 0. The Morgan fingerprint density at radius 1 is 1.70 bits per heavy atom. The summed E-state index contributed by atoms with van der Waals surface area (Å²) in [5, 5.41) is 12.1. The minimum atomic E-state index is -0.349. The molecular weight excluding hydrogens is 198 g/mol. The third kappa shape index (κ3) is 2.96. The number of aliphatic hydroxyl groups is 1. The molecule has 1 fully saturated rings. The Morgan fingerprint density at radius 2 is 2.40 bits per heavy atom. The van der Waals surface area contributed by atoms with E-state index in [1.54, 1.807) is 6.92 Å². The molecular formula is C6H14BrNO2. The summed E-state index contributed by atoms with van der Waals surface area (Å²) in [6.45, 7) is 4.15. The van der Waals surface area contributed by atoms with Gasteiger partial charge in [-0.25, -0.2) is 0 Å². The van der Waals surface area contributed by atoms with Gasteiger partial charge in [-0.2, -0.15) is 0 Å². The Hall–Kier alpha value is 0.360. The standard InChI is InChI=1S/C6H13NO2.BrH/c1-5(8)6-4-7-2-3-9-6;/h5-8H,2-4H2,1H3;1H. The predicted octanol–water partition coefficient (Wildman–Crippen LogP) is -0.0665. The van der Waals surface area contributed by atoms with Gasteiger partial charge in [0.1, 0.15) is 0 Å². The lowest BCUT2D eigenvalue weighted by molar-refractivity contribution is -0.0445. The highest BCUT2D eigenvalue weighted by atomic mass is 79.9. The molecule has 0 aromatic rings. The van der Waals surface area contributed by atoms with Crippen LogP contribution >= 0.6 is 17.0 Å². The van der Waals surface area contributed by atoms with E-state index >= 15 is 0 Å². The first kappa shape index (κ1) is 10.4. The van der Waals surface area contributed by atoms with E-state index in [1.807, 2.05) is 0 Å². The monoisotopic (exact) mass is 211 g/mol. The van der Waals surface area contributed by atoms with Crippen molar-refractivity contribution < 1.29 is 9.84 Å². The number of rotatable bonds is 1. The molecule has 1 saturated heterocycles. The summed E-state index contributed by atoms with van der Waals surface area (Å²) in [6, 6.07) is 0. The average molecular weight is 212 g/mol. The molecule has 2 N–H and O–H groups in total. The van der Waals surface area contributed by atoms with Crippen molar-refractivity contribution in [3.8, 4) is 0 Å². The average Bonchev–Trinajstić information content (AvgIpc) is 1.90. The molecule has 0 radical (unpaired) electrons. The number of halogens is 1. The first-order valence-corrected chi connectivity index (χ1v) is 3.31. The van der Waals surface area contributed by atoms with Gasteiger partial charge < -0.3 is 15.2 Å². The zero-order valence-electron chi connectivity index (χ0n) is 6.04. The summed E-state index contributed by atoms with van der Waals surface area (Å²) in [7, 11) is 0. The molecule has 0 aromatic carbocycles. The molecule has 1 aliphatic heterocycles. The Bertz CT molecular complexity index is 83.8. The predicted molar refractivity (Wildman–Crippen MR) is 44.6 cm³/mol. The van der Waals surface area contributed by atoms with Crippen LogP contribution in [0.25, 0.3) is 0 Å². The third-order valence-electron chi connectivity index (χ3n) is 1.49. The van der Waals surface area contributed by atoms with Crippen molar-refractivity contribution in [1.29, 1.82) is 0 Å². The number of morpholine rings is 1. The van der Waals surface area contributed by atoms with Gasteiger partial charge in [0, 0.05) is 13.1 Å². The normalized spacial score (nSPS) is 28.8. The lowest BCUT2D eigenvalue weighted by atomic mass is 10.2. The van der Waals surface area contributed by atoms with E-state index in [0.717, 1.165) is 19.7 Å². The van der Waals surface area contributed by atoms with E-state index in [2.05, 4.69) is 5.32 Å². The molecule has 4 heteroatoms. The van der Waals surface area contributed by atoms with Crippen LogP contribution < -0.4 is 5.32 Å². The topological polar surface area (TPSA) is 41.5 Å². The van der Waals surface area contributed by atoms with Gasteiger partial charge in [0.25, 0.3) is 0 Å². The maximum absolute atomic E-state index is 9.01.